The minimum atomic E-state index is -0.370. The maximum atomic E-state index is 9.06. The van der Waals surface area contributed by atoms with E-state index < -0.39 is 0 Å². The van der Waals surface area contributed by atoms with E-state index in [4.69, 9.17) is 10.8 Å². The van der Waals surface area contributed by atoms with Crippen molar-refractivity contribution in [3.63, 3.8) is 0 Å². The van der Waals surface area contributed by atoms with Crippen molar-refractivity contribution >= 4 is 0 Å². The van der Waals surface area contributed by atoms with Crippen LogP contribution in [0.1, 0.15) is 25.5 Å². The Labute approximate surface area is 72.0 Å². The van der Waals surface area contributed by atoms with Crippen molar-refractivity contribution in [1.29, 1.82) is 0 Å². The lowest BCUT2D eigenvalue weighted by Gasteiger charge is -2.03. The smallest absolute Gasteiger partial charge is 0.0708 e. The first kappa shape index (κ1) is 9.22. The van der Waals surface area contributed by atoms with Gasteiger partial charge in [-0.2, -0.15) is 5.10 Å². The summed E-state index contributed by atoms with van der Waals surface area (Å²) in [6.07, 6.45) is 3.22. The molecule has 0 aliphatic heterocycles. The third-order valence-electron chi connectivity index (χ3n) is 1.63. The number of rotatable bonds is 3. The molecule has 12 heavy (non-hydrogen) atoms. The second-order valence-corrected chi connectivity index (χ2v) is 3.13. The summed E-state index contributed by atoms with van der Waals surface area (Å²) in [5, 5.41) is 13.1. The first-order valence-electron chi connectivity index (χ1n) is 4.05. The lowest BCUT2D eigenvalue weighted by atomic mass is 10.2. The molecule has 0 aromatic carbocycles. The number of hydrogen-bond donors (Lipinski definition) is 2. The highest BCUT2D eigenvalue weighted by Crippen LogP contribution is 2.07. The maximum absolute atomic E-state index is 9.06. The Hall–Kier alpha value is -0.870. The summed E-state index contributed by atoms with van der Waals surface area (Å²) in [5.74, 6) is 0. The fourth-order valence-electron chi connectivity index (χ4n) is 0.985. The lowest BCUT2D eigenvalue weighted by Crippen LogP contribution is -2.12. The summed E-state index contributed by atoms with van der Waals surface area (Å²) in [7, 11) is 0. The van der Waals surface area contributed by atoms with Crippen molar-refractivity contribution in [1.82, 2.24) is 9.78 Å². The second-order valence-electron chi connectivity index (χ2n) is 3.13. The number of hydrogen-bond acceptors (Lipinski definition) is 3. The molecule has 0 aliphatic rings. The Morgan fingerprint density at radius 3 is 2.75 bits per heavy atom. The van der Waals surface area contributed by atoms with Crippen LogP contribution in [0.25, 0.3) is 0 Å². The van der Waals surface area contributed by atoms with E-state index in [1.54, 1.807) is 17.8 Å². The van der Waals surface area contributed by atoms with Crippen LogP contribution in [0.2, 0.25) is 0 Å². The van der Waals surface area contributed by atoms with Crippen LogP contribution >= 0.6 is 0 Å². The van der Waals surface area contributed by atoms with Crippen LogP contribution in [0.5, 0.6) is 0 Å². The highest BCUT2D eigenvalue weighted by atomic mass is 16.3. The topological polar surface area (TPSA) is 64.1 Å². The quantitative estimate of drug-likeness (QED) is 0.683. The van der Waals surface area contributed by atoms with Crippen molar-refractivity contribution in [2.24, 2.45) is 5.73 Å². The maximum Gasteiger partial charge on any atom is 0.0708 e. The summed E-state index contributed by atoms with van der Waals surface area (Å²) in [5.41, 5.74) is 6.64. The SMILES string of the molecule is CC(O)Cn1cc(C(C)N)cn1. The van der Waals surface area contributed by atoms with Gasteiger partial charge in [0.2, 0.25) is 0 Å². The van der Waals surface area contributed by atoms with Gasteiger partial charge in [-0.25, -0.2) is 0 Å². The fourth-order valence-corrected chi connectivity index (χ4v) is 0.985. The number of nitrogens with zero attached hydrogens (tertiary/aromatic N) is 2. The monoisotopic (exact) mass is 169 g/mol. The van der Waals surface area contributed by atoms with Crippen LogP contribution in [0.4, 0.5) is 0 Å². The minimum Gasteiger partial charge on any atom is -0.391 e. The van der Waals surface area contributed by atoms with E-state index in [0.29, 0.717) is 6.54 Å². The van der Waals surface area contributed by atoms with Gasteiger partial charge in [-0.1, -0.05) is 0 Å². The van der Waals surface area contributed by atoms with E-state index in [1.807, 2.05) is 13.1 Å². The number of aliphatic hydroxyl groups excluding tert-OH is 1. The molecule has 2 unspecified atom stereocenters. The summed E-state index contributed by atoms with van der Waals surface area (Å²) in [6.45, 7) is 4.16. The first-order chi connectivity index (χ1) is 5.59. The summed E-state index contributed by atoms with van der Waals surface area (Å²) in [4.78, 5) is 0. The predicted molar refractivity (Wildman–Crippen MR) is 46.5 cm³/mol. The molecule has 2 atom stereocenters. The molecular weight excluding hydrogens is 154 g/mol. The zero-order valence-electron chi connectivity index (χ0n) is 7.44. The second kappa shape index (κ2) is 3.69. The van der Waals surface area contributed by atoms with E-state index in [9.17, 15) is 0 Å². The van der Waals surface area contributed by atoms with Crippen LogP contribution in [-0.4, -0.2) is 21.0 Å². The summed E-state index contributed by atoms with van der Waals surface area (Å²) >= 11 is 0. The number of nitrogens with two attached hydrogens (primary N) is 1. The van der Waals surface area contributed by atoms with E-state index in [0.717, 1.165) is 5.56 Å². The van der Waals surface area contributed by atoms with Gasteiger partial charge < -0.3 is 10.8 Å². The third-order valence-corrected chi connectivity index (χ3v) is 1.63. The Balaban J connectivity index is 2.64. The molecule has 4 heteroatoms. The molecule has 0 aliphatic carbocycles. The molecular formula is C8H15N3O. The van der Waals surface area contributed by atoms with Crippen molar-refractivity contribution < 1.29 is 5.11 Å². The first-order valence-corrected chi connectivity index (χ1v) is 4.05. The fraction of sp³-hybridized carbons (Fsp3) is 0.625. The highest BCUT2D eigenvalue weighted by Gasteiger charge is 2.03. The van der Waals surface area contributed by atoms with E-state index in [2.05, 4.69) is 5.10 Å². The third kappa shape index (κ3) is 2.32. The molecule has 0 saturated carbocycles. The molecule has 3 N–H and O–H groups in total. The van der Waals surface area contributed by atoms with Crippen molar-refractivity contribution in [2.45, 2.75) is 32.5 Å². The van der Waals surface area contributed by atoms with E-state index >= 15 is 0 Å². The highest BCUT2D eigenvalue weighted by molar-refractivity contribution is 5.08. The van der Waals surface area contributed by atoms with Gasteiger partial charge in [0.05, 0.1) is 18.8 Å². The van der Waals surface area contributed by atoms with Gasteiger partial charge in [0, 0.05) is 17.8 Å². The van der Waals surface area contributed by atoms with Crippen LogP contribution in [0, 0.1) is 0 Å². The Morgan fingerprint density at radius 1 is 1.67 bits per heavy atom. The molecule has 4 nitrogen and oxygen atoms in total. The molecule has 0 spiro atoms. The zero-order chi connectivity index (χ0) is 9.14. The van der Waals surface area contributed by atoms with Crippen LogP contribution < -0.4 is 5.73 Å². The normalized spacial score (nSPS) is 16.0. The van der Waals surface area contributed by atoms with Crippen molar-refractivity contribution in [3.05, 3.63) is 18.0 Å². The van der Waals surface area contributed by atoms with Crippen LogP contribution in [-0.2, 0) is 6.54 Å². The Bertz CT molecular complexity index is 242. The largest absolute Gasteiger partial charge is 0.391 e. The van der Waals surface area contributed by atoms with Crippen molar-refractivity contribution in [3.8, 4) is 0 Å². The molecule has 1 rings (SSSR count). The van der Waals surface area contributed by atoms with Gasteiger partial charge >= 0.3 is 0 Å². The van der Waals surface area contributed by atoms with Gasteiger partial charge in [-0.3, -0.25) is 4.68 Å². The molecule has 0 bridgehead atoms. The van der Waals surface area contributed by atoms with Crippen molar-refractivity contribution in [2.75, 3.05) is 0 Å². The standard InChI is InChI=1S/C8H15N3O/c1-6(12)4-11-5-8(3-10-11)7(2)9/h3,5-7,12H,4,9H2,1-2H3. The molecule has 0 amide bonds. The van der Waals surface area contributed by atoms with Crippen LogP contribution in [0.3, 0.4) is 0 Å². The zero-order valence-corrected chi connectivity index (χ0v) is 7.44. The average Bonchev–Trinajstić information content (AvgIpc) is 2.34. The van der Waals surface area contributed by atoms with Gasteiger partial charge in [0.25, 0.3) is 0 Å². The van der Waals surface area contributed by atoms with E-state index in [-0.39, 0.29) is 12.1 Å². The Morgan fingerprint density at radius 2 is 2.33 bits per heavy atom. The molecule has 0 radical (unpaired) electrons. The molecule has 1 heterocycles. The van der Waals surface area contributed by atoms with Gasteiger partial charge in [-0.15, -0.1) is 0 Å². The molecule has 1 aromatic heterocycles. The number of aromatic nitrogens is 2. The van der Waals surface area contributed by atoms with Gasteiger partial charge in [-0.05, 0) is 13.8 Å². The van der Waals surface area contributed by atoms with Gasteiger partial charge in [0.1, 0.15) is 0 Å². The molecule has 68 valence electrons. The average molecular weight is 169 g/mol. The molecule has 0 fully saturated rings. The summed E-state index contributed by atoms with van der Waals surface area (Å²) in [6, 6.07) is 0.00717. The predicted octanol–water partition coefficient (Wildman–Crippen LogP) is 0.284. The summed E-state index contributed by atoms with van der Waals surface area (Å²) < 4.78 is 1.70. The Kier molecular flexibility index (Phi) is 2.83. The minimum absolute atomic E-state index is 0.00717. The number of aliphatic hydroxyl groups is 1. The molecule has 0 saturated heterocycles. The molecule has 1 aromatic rings. The lowest BCUT2D eigenvalue weighted by molar-refractivity contribution is 0.168. The van der Waals surface area contributed by atoms with Crippen LogP contribution in [0.15, 0.2) is 12.4 Å². The van der Waals surface area contributed by atoms with Gasteiger partial charge in [0.15, 0.2) is 0 Å². The van der Waals surface area contributed by atoms with E-state index in [1.165, 1.54) is 0 Å².